The van der Waals surface area contributed by atoms with Gasteiger partial charge >= 0.3 is 0 Å². The number of benzene rings is 2. The lowest BCUT2D eigenvalue weighted by Crippen LogP contribution is -2.52. The van der Waals surface area contributed by atoms with Gasteiger partial charge in [0.1, 0.15) is 5.75 Å². The number of carbonyl (C=O) groups is 1. The summed E-state index contributed by atoms with van der Waals surface area (Å²) in [5.41, 5.74) is 0.694. The quantitative estimate of drug-likeness (QED) is 0.767. The lowest BCUT2D eigenvalue weighted by atomic mass is 10.1. The number of piperazine rings is 1. The standard InChI is InChI=1S/C19H23N3O4S.ClH/c1-14-13-20-10-11-22(14)19(23)15-6-5-7-16(12-15)27(24,25)21-17-8-3-4-9-18(17)26-2;/h3-9,12,14,20-21H,10-11,13H2,1-2H3;1H/t14-;/m0./s1. The number of hydrogen-bond acceptors (Lipinski definition) is 5. The number of sulfonamides is 1. The van der Waals surface area contributed by atoms with Crippen molar-refractivity contribution in [3.8, 4) is 5.75 Å². The van der Waals surface area contributed by atoms with E-state index in [0.717, 1.165) is 13.1 Å². The fourth-order valence-corrected chi connectivity index (χ4v) is 4.15. The van der Waals surface area contributed by atoms with Crippen molar-refractivity contribution in [1.82, 2.24) is 10.2 Å². The van der Waals surface area contributed by atoms with Gasteiger partial charge in [-0.1, -0.05) is 18.2 Å². The Kier molecular flexibility index (Phi) is 7.29. The van der Waals surface area contributed by atoms with Crippen molar-refractivity contribution < 1.29 is 17.9 Å². The smallest absolute Gasteiger partial charge is 0.262 e. The molecule has 0 aliphatic carbocycles. The van der Waals surface area contributed by atoms with Crippen LogP contribution in [-0.4, -0.2) is 52.0 Å². The third-order valence-corrected chi connectivity index (χ3v) is 5.87. The highest BCUT2D eigenvalue weighted by atomic mass is 35.5. The Bertz CT molecular complexity index is 936. The highest BCUT2D eigenvalue weighted by Crippen LogP contribution is 2.26. The van der Waals surface area contributed by atoms with Crippen LogP contribution in [0, 0.1) is 0 Å². The highest BCUT2D eigenvalue weighted by Gasteiger charge is 2.25. The molecule has 0 unspecified atom stereocenters. The highest BCUT2D eigenvalue weighted by molar-refractivity contribution is 7.92. The number of amides is 1. The van der Waals surface area contributed by atoms with Gasteiger partial charge < -0.3 is 15.0 Å². The molecule has 9 heteroatoms. The summed E-state index contributed by atoms with van der Waals surface area (Å²) in [6.07, 6.45) is 0. The summed E-state index contributed by atoms with van der Waals surface area (Å²) in [6.45, 7) is 4.01. The predicted molar refractivity (Wildman–Crippen MR) is 111 cm³/mol. The third-order valence-electron chi connectivity index (χ3n) is 4.50. The summed E-state index contributed by atoms with van der Waals surface area (Å²) in [7, 11) is -2.39. The van der Waals surface area contributed by atoms with Crippen LogP contribution < -0.4 is 14.8 Å². The number of carbonyl (C=O) groups excluding carboxylic acids is 1. The van der Waals surface area contributed by atoms with Crippen molar-refractivity contribution in [2.24, 2.45) is 0 Å². The second-order valence-corrected chi connectivity index (χ2v) is 8.07. The number of hydrogen-bond donors (Lipinski definition) is 2. The minimum Gasteiger partial charge on any atom is -0.495 e. The summed E-state index contributed by atoms with van der Waals surface area (Å²) < 4.78 is 33.3. The largest absolute Gasteiger partial charge is 0.495 e. The topological polar surface area (TPSA) is 87.7 Å². The molecule has 152 valence electrons. The minimum absolute atomic E-state index is 0. The van der Waals surface area contributed by atoms with Gasteiger partial charge in [-0.25, -0.2) is 8.42 Å². The summed E-state index contributed by atoms with van der Waals surface area (Å²) in [6, 6.07) is 12.9. The fourth-order valence-electron chi connectivity index (χ4n) is 3.04. The monoisotopic (exact) mass is 425 g/mol. The van der Waals surface area contributed by atoms with E-state index < -0.39 is 10.0 Å². The molecule has 2 aromatic carbocycles. The zero-order valence-electron chi connectivity index (χ0n) is 15.7. The Morgan fingerprint density at radius 3 is 2.68 bits per heavy atom. The third kappa shape index (κ3) is 4.76. The summed E-state index contributed by atoms with van der Waals surface area (Å²) >= 11 is 0. The van der Waals surface area contributed by atoms with Gasteiger partial charge in [-0.3, -0.25) is 9.52 Å². The number of nitrogens with one attached hydrogen (secondary N) is 2. The predicted octanol–water partition coefficient (Wildman–Crippen LogP) is 2.35. The minimum atomic E-state index is -3.86. The SMILES string of the molecule is COc1ccccc1NS(=O)(=O)c1cccc(C(=O)N2CCNC[C@@H]2C)c1.Cl. The second-order valence-electron chi connectivity index (χ2n) is 6.39. The van der Waals surface area contributed by atoms with Crippen LogP contribution in [0.1, 0.15) is 17.3 Å². The molecule has 1 atom stereocenters. The van der Waals surface area contributed by atoms with Crippen LogP contribution in [0.25, 0.3) is 0 Å². The van der Waals surface area contributed by atoms with E-state index in [2.05, 4.69) is 10.0 Å². The molecular weight excluding hydrogens is 402 g/mol. The molecule has 1 aliphatic rings. The molecular formula is C19H24ClN3O4S. The fraction of sp³-hybridized carbons (Fsp3) is 0.316. The summed E-state index contributed by atoms with van der Waals surface area (Å²) in [5, 5.41) is 3.23. The Hall–Kier alpha value is -2.29. The average Bonchev–Trinajstić information content (AvgIpc) is 2.68. The van der Waals surface area contributed by atoms with Crippen LogP contribution in [-0.2, 0) is 10.0 Å². The van der Waals surface area contributed by atoms with E-state index in [1.54, 1.807) is 41.3 Å². The lowest BCUT2D eigenvalue weighted by molar-refractivity contribution is 0.0655. The summed E-state index contributed by atoms with van der Waals surface area (Å²) in [4.78, 5) is 14.6. The van der Waals surface area contributed by atoms with Crippen LogP contribution >= 0.6 is 12.4 Å². The van der Waals surface area contributed by atoms with Gasteiger partial charge in [-0.2, -0.15) is 0 Å². The molecule has 7 nitrogen and oxygen atoms in total. The number of para-hydroxylation sites is 2. The van der Waals surface area contributed by atoms with Gasteiger partial charge in [-0.15, -0.1) is 12.4 Å². The van der Waals surface area contributed by atoms with E-state index in [9.17, 15) is 13.2 Å². The number of anilines is 1. The first kappa shape index (κ1) is 22.0. The van der Waals surface area contributed by atoms with E-state index in [-0.39, 0.29) is 29.3 Å². The Labute approximate surface area is 171 Å². The number of methoxy groups -OCH3 is 1. The van der Waals surface area contributed by atoms with Crippen molar-refractivity contribution in [2.75, 3.05) is 31.5 Å². The maximum absolute atomic E-state index is 12.8. The maximum atomic E-state index is 12.8. The first-order valence-corrected chi connectivity index (χ1v) is 10.2. The van der Waals surface area contributed by atoms with E-state index in [0.29, 0.717) is 23.5 Å². The molecule has 1 saturated heterocycles. The normalized spacial score (nSPS) is 16.8. The van der Waals surface area contributed by atoms with Crippen LogP contribution in [0.5, 0.6) is 5.75 Å². The molecule has 0 spiro atoms. The molecule has 1 heterocycles. The first-order chi connectivity index (χ1) is 12.9. The lowest BCUT2D eigenvalue weighted by Gasteiger charge is -2.34. The molecule has 3 rings (SSSR count). The molecule has 1 amide bonds. The van der Waals surface area contributed by atoms with Crippen LogP contribution in [0.3, 0.4) is 0 Å². The zero-order valence-corrected chi connectivity index (χ0v) is 17.3. The van der Waals surface area contributed by atoms with Crippen molar-refractivity contribution in [3.63, 3.8) is 0 Å². The van der Waals surface area contributed by atoms with Gasteiger partial charge in [0.05, 0.1) is 17.7 Å². The Morgan fingerprint density at radius 1 is 1.21 bits per heavy atom. The average molecular weight is 426 g/mol. The maximum Gasteiger partial charge on any atom is 0.262 e. The summed E-state index contributed by atoms with van der Waals surface area (Å²) in [5.74, 6) is 0.251. The molecule has 28 heavy (non-hydrogen) atoms. The Morgan fingerprint density at radius 2 is 1.96 bits per heavy atom. The molecule has 0 saturated carbocycles. The van der Waals surface area contributed by atoms with Gasteiger partial charge in [0.15, 0.2) is 0 Å². The van der Waals surface area contributed by atoms with Crippen LogP contribution in [0.15, 0.2) is 53.4 Å². The zero-order chi connectivity index (χ0) is 19.4. The van der Waals surface area contributed by atoms with Gasteiger partial charge in [0.25, 0.3) is 15.9 Å². The van der Waals surface area contributed by atoms with Crippen LogP contribution in [0.4, 0.5) is 5.69 Å². The molecule has 2 aromatic rings. The van der Waals surface area contributed by atoms with Gasteiger partial charge in [0.2, 0.25) is 0 Å². The van der Waals surface area contributed by atoms with E-state index >= 15 is 0 Å². The first-order valence-electron chi connectivity index (χ1n) is 8.70. The number of halogens is 1. The molecule has 0 bridgehead atoms. The number of nitrogens with zero attached hydrogens (tertiary/aromatic N) is 1. The van der Waals surface area contributed by atoms with E-state index in [4.69, 9.17) is 4.74 Å². The van der Waals surface area contributed by atoms with Crippen molar-refractivity contribution in [3.05, 3.63) is 54.1 Å². The van der Waals surface area contributed by atoms with Gasteiger partial charge in [-0.05, 0) is 37.3 Å². The number of rotatable bonds is 5. The molecule has 2 N–H and O–H groups in total. The van der Waals surface area contributed by atoms with Crippen molar-refractivity contribution in [2.45, 2.75) is 17.9 Å². The number of ether oxygens (including phenoxy) is 1. The van der Waals surface area contributed by atoms with Gasteiger partial charge in [0, 0.05) is 31.2 Å². The van der Waals surface area contributed by atoms with Crippen LogP contribution in [0.2, 0.25) is 0 Å². The van der Waals surface area contributed by atoms with E-state index in [1.807, 2.05) is 6.92 Å². The van der Waals surface area contributed by atoms with E-state index in [1.165, 1.54) is 19.2 Å². The molecule has 1 aliphatic heterocycles. The van der Waals surface area contributed by atoms with Crippen molar-refractivity contribution >= 4 is 34.0 Å². The second kappa shape index (κ2) is 9.27. The Balaban J connectivity index is 0.00000280. The van der Waals surface area contributed by atoms with Crippen molar-refractivity contribution in [1.29, 1.82) is 0 Å². The molecule has 0 radical (unpaired) electrons. The molecule has 1 fully saturated rings. The molecule has 0 aromatic heterocycles.